The summed E-state index contributed by atoms with van der Waals surface area (Å²) in [6, 6.07) is 72.8. The molecule has 3 heterocycles. The summed E-state index contributed by atoms with van der Waals surface area (Å²) in [4.78, 5) is 0. The van der Waals surface area contributed by atoms with E-state index >= 15 is 0 Å². The Kier molecular flexibility index (Phi) is 8.78. The Morgan fingerprint density at radius 3 is 1.85 bits per heavy atom. The van der Waals surface area contributed by atoms with Gasteiger partial charge in [-0.15, -0.1) is 0 Å². The third-order valence-electron chi connectivity index (χ3n) is 14.3. The lowest BCUT2D eigenvalue weighted by molar-refractivity contribution is 0.656. The fourth-order valence-corrected chi connectivity index (χ4v) is 11.3. The van der Waals surface area contributed by atoms with E-state index < -0.39 is 0 Å². The van der Waals surface area contributed by atoms with Crippen molar-refractivity contribution in [2.24, 2.45) is 0 Å². The first-order valence-electron chi connectivity index (χ1n) is 23.3. The van der Waals surface area contributed by atoms with Crippen molar-refractivity contribution in [1.29, 1.82) is 0 Å². The molecule has 9 aromatic carbocycles. The van der Waals surface area contributed by atoms with Crippen molar-refractivity contribution in [3.8, 4) is 44.8 Å². The first-order chi connectivity index (χ1) is 32.9. The molecule has 3 nitrogen and oxygen atoms in total. The average molecular weight is 859 g/mol. The van der Waals surface area contributed by atoms with E-state index in [1.165, 1.54) is 93.7 Å². The van der Waals surface area contributed by atoms with Crippen LogP contribution in [0.4, 0.5) is 0 Å². The highest BCUT2D eigenvalue weighted by molar-refractivity contribution is 6.12. The maximum Gasteiger partial charge on any atom is 0.135 e. The molecule has 0 radical (unpaired) electrons. The number of rotatable bonds is 8. The number of hydrogen-bond donors (Lipinski definition) is 0. The number of hydrogen-bond acceptors (Lipinski definition) is 1. The van der Waals surface area contributed by atoms with Crippen LogP contribution in [-0.4, -0.2) is 9.13 Å². The Balaban J connectivity index is 0.917. The fraction of sp³-hybridized carbons (Fsp3) is 0.0625. The molecule has 12 aromatic rings. The molecule has 67 heavy (non-hydrogen) atoms. The molecule has 1 aliphatic rings. The second-order valence-corrected chi connectivity index (χ2v) is 18.5. The van der Waals surface area contributed by atoms with E-state index in [2.05, 4.69) is 242 Å². The van der Waals surface area contributed by atoms with Gasteiger partial charge in [0, 0.05) is 49.3 Å². The number of para-hydroxylation sites is 3. The molecule has 0 aliphatic heterocycles. The minimum absolute atomic E-state index is 0.236. The van der Waals surface area contributed by atoms with Crippen molar-refractivity contribution in [2.75, 3.05) is 0 Å². The summed E-state index contributed by atoms with van der Waals surface area (Å²) < 4.78 is 11.3. The van der Waals surface area contributed by atoms with Crippen molar-refractivity contribution in [1.82, 2.24) is 9.13 Å². The second kappa shape index (κ2) is 15.1. The van der Waals surface area contributed by atoms with Gasteiger partial charge in [-0.2, -0.15) is 0 Å². The largest absolute Gasteiger partial charge is 0.456 e. The molecule has 0 atom stereocenters. The van der Waals surface area contributed by atoms with Gasteiger partial charge in [-0.05, 0) is 123 Å². The highest BCUT2D eigenvalue weighted by Gasteiger charge is 2.38. The van der Waals surface area contributed by atoms with E-state index in [-0.39, 0.29) is 5.41 Å². The van der Waals surface area contributed by atoms with E-state index in [0.29, 0.717) is 0 Å². The van der Waals surface area contributed by atoms with Gasteiger partial charge in [-0.3, -0.25) is 0 Å². The monoisotopic (exact) mass is 858 g/mol. The lowest BCUT2D eigenvalue weighted by Crippen LogP contribution is -2.16. The molecule has 0 saturated carbocycles. The standard InChI is InChI=1S/C64H46N2O/c1-4-48-50-23-11-14-26-57(50)66(47-38-44(42-19-7-5-8-20-42)37-45(39-47)43-21-9-6-10-22-43)56(48)28-17-18-41-30-32-52-51-24-12-15-27-58(51)65(59(52)36-41)46-31-33-49-53-34-35-61-62(54-25-13-16-29-60(54)67-61)63(53)64(2,3)55(49)40-46/h4-17,19-40H,1,18H2,2-3H3/b28-17-. The zero-order valence-electron chi connectivity index (χ0n) is 37.5. The Morgan fingerprint density at radius 1 is 0.493 bits per heavy atom. The molecule has 13 rings (SSSR count). The predicted octanol–water partition coefficient (Wildman–Crippen LogP) is 17.2. The number of fused-ring (bicyclic) bond motifs is 11. The lowest BCUT2D eigenvalue weighted by Gasteiger charge is -2.23. The first kappa shape index (κ1) is 39.0. The molecule has 0 fully saturated rings. The van der Waals surface area contributed by atoms with Gasteiger partial charge in [-0.25, -0.2) is 0 Å². The smallest absolute Gasteiger partial charge is 0.135 e. The fourth-order valence-electron chi connectivity index (χ4n) is 11.3. The van der Waals surface area contributed by atoms with E-state index in [1.807, 2.05) is 6.08 Å². The number of furan rings is 1. The molecular weight excluding hydrogens is 813 g/mol. The normalized spacial score (nSPS) is 13.1. The van der Waals surface area contributed by atoms with Crippen LogP contribution in [0.2, 0.25) is 0 Å². The highest BCUT2D eigenvalue weighted by Crippen LogP contribution is 2.53. The third-order valence-corrected chi connectivity index (χ3v) is 14.3. The molecule has 3 aromatic heterocycles. The number of aromatic nitrogens is 2. The van der Waals surface area contributed by atoms with Crippen LogP contribution in [0.15, 0.2) is 217 Å². The topological polar surface area (TPSA) is 23.0 Å². The van der Waals surface area contributed by atoms with E-state index in [9.17, 15) is 0 Å². The Morgan fingerprint density at radius 2 is 1.12 bits per heavy atom. The minimum Gasteiger partial charge on any atom is -0.456 e. The molecular formula is C64H46N2O. The SMILES string of the molecule is C=Cc1c(/C=C\Cc2ccc3c4ccccc4n(-c4ccc5c(c4)C(C)(C)c4c-5ccc5oc6ccccc6c45)c3c2)n(-c2cc(-c3ccccc3)cc(-c3ccccc3)c2)c2ccccc12. The molecule has 318 valence electrons. The Bertz CT molecular complexity index is 3930. The van der Waals surface area contributed by atoms with Crippen molar-refractivity contribution < 1.29 is 4.42 Å². The summed E-state index contributed by atoms with van der Waals surface area (Å²) in [7, 11) is 0. The summed E-state index contributed by atoms with van der Waals surface area (Å²) in [6.45, 7) is 9.10. The van der Waals surface area contributed by atoms with Crippen molar-refractivity contribution in [3.05, 3.63) is 241 Å². The van der Waals surface area contributed by atoms with Crippen LogP contribution in [0.25, 0.3) is 112 Å². The van der Waals surface area contributed by atoms with Crippen LogP contribution in [-0.2, 0) is 11.8 Å². The molecule has 0 N–H and O–H groups in total. The summed E-state index contributed by atoms with van der Waals surface area (Å²) in [6.07, 6.45) is 7.39. The van der Waals surface area contributed by atoms with E-state index in [0.717, 1.165) is 40.0 Å². The molecule has 0 unspecified atom stereocenters. The summed E-state index contributed by atoms with van der Waals surface area (Å²) in [5, 5.41) is 6.08. The van der Waals surface area contributed by atoms with Gasteiger partial charge >= 0.3 is 0 Å². The molecule has 0 spiro atoms. The minimum atomic E-state index is -0.236. The third kappa shape index (κ3) is 6.05. The molecule has 0 amide bonds. The van der Waals surface area contributed by atoms with Crippen molar-refractivity contribution in [3.63, 3.8) is 0 Å². The summed E-state index contributed by atoms with van der Waals surface area (Å²) in [5.41, 5.74) is 20.9. The molecule has 0 bridgehead atoms. The second-order valence-electron chi connectivity index (χ2n) is 18.5. The summed E-state index contributed by atoms with van der Waals surface area (Å²) in [5.74, 6) is 0. The van der Waals surface area contributed by atoms with Crippen LogP contribution < -0.4 is 0 Å². The van der Waals surface area contributed by atoms with Crippen LogP contribution in [0.1, 0.15) is 41.8 Å². The van der Waals surface area contributed by atoms with Crippen molar-refractivity contribution in [2.45, 2.75) is 25.7 Å². The summed E-state index contributed by atoms with van der Waals surface area (Å²) >= 11 is 0. The average Bonchev–Trinajstić information content (AvgIpc) is 4.08. The van der Waals surface area contributed by atoms with Crippen LogP contribution in [0.3, 0.4) is 0 Å². The Labute approximate surface area is 389 Å². The van der Waals surface area contributed by atoms with Crippen LogP contribution in [0, 0.1) is 0 Å². The van der Waals surface area contributed by atoms with Gasteiger partial charge in [-0.1, -0.05) is 172 Å². The van der Waals surface area contributed by atoms with Gasteiger partial charge in [0.2, 0.25) is 0 Å². The lowest BCUT2D eigenvalue weighted by atomic mass is 9.80. The molecule has 1 aliphatic carbocycles. The van der Waals surface area contributed by atoms with Crippen LogP contribution in [0.5, 0.6) is 0 Å². The van der Waals surface area contributed by atoms with Gasteiger partial charge in [0.25, 0.3) is 0 Å². The predicted molar refractivity (Wildman–Crippen MR) is 283 cm³/mol. The van der Waals surface area contributed by atoms with Crippen LogP contribution >= 0.6 is 0 Å². The van der Waals surface area contributed by atoms with Gasteiger partial charge in [0.15, 0.2) is 0 Å². The zero-order valence-corrected chi connectivity index (χ0v) is 37.5. The maximum absolute atomic E-state index is 6.39. The van der Waals surface area contributed by atoms with Gasteiger partial charge < -0.3 is 13.6 Å². The maximum atomic E-state index is 6.39. The van der Waals surface area contributed by atoms with Gasteiger partial charge in [0.05, 0.1) is 22.2 Å². The zero-order chi connectivity index (χ0) is 44.8. The molecule has 0 saturated heterocycles. The number of benzene rings is 9. The highest BCUT2D eigenvalue weighted by atomic mass is 16.3. The van der Waals surface area contributed by atoms with Crippen molar-refractivity contribution >= 4 is 66.8 Å². The first-order valence-corrected chi connectivity index (χ1v) is 23.3. The number of allylic oxidation sites excluding steroid dienone is 1. The van der Waals surface area contributed by atoms with Gasteiger partial charge in [0.1, 0.15) is 11.2 Å². The van der Waals surface area contributed by atoms with E-state index in [1.54, 1.807) is 0 Å². The Hall–Kier alpha value is -8.40. The quantitative estimate of drug-likeness (QED) is 0.149. The number of nitrogens with zero attached hydrogens (tertiary/aromatic N) is 2. The molecule has 3 heteroatoms. The van der Waals surface area contributed by atoms with E-state index in [4.69, 9.17) is 4.42 Å².